The summed E-state index contributed by atoms with van der Waals surface area (Å²) >= 11 is 0. The van der Waals surface area contributed by atoms with Crippen LogP contribution in [0, 0.1) is 0 Å². The van der Waals surface area contributed by atoms with Crippen molar-refractivity contribution >= 4 is 40.4 Å². The van der Waals surface area contributed by atoms with Gasteiger partial charge in [-0.2, -0.15) is 8.62 Å². The highest BCUT2D eigenvalue weighted by molar-refractivity contribution is 7.66. The normalized spacial score (nSPS) is 16.9. The van der Waals surface area contributed by atoms with Crippen molar-refractivity contribution in [2.75, 3.05) is 18.9 Å². The average Bonchev–Trinajstić information content (AvgIpc) is 2.87. The van der Waals surface area contributed by atoms with E-state index in [0.29, 0.717) is 11.2 Å². The summed E-state index contributed by atoms with van der Waals surface area (Å²) in [7, 11) is -16.1. The van der Waals surface area contributed by atoms with E-state index in [1.807, 2.05) is 0 Å². The molecule has 0 bridgehead atoms. The summed E-state index contributed by atoms with van der Waals surface area (Å²) < 4.78 is 51.1. The van der Waals surface area contributed by atoms with Gasteiger partial charge in [0.25, 0.3) is 0 Å². The molecule has 2 atom stereocenters. The van der Waals surface area contributed by atoms with Crippen molar-refractivity contribution in [3.63, 3.8) is 0 Å². The first kappa shape index (κ1) is 22.0. The number of anilines is 1. The SMILES string of the molecule is Nc1ncnc2c1ncn2COCCOP(=O)(O)OP(=O)(O)OP(=O)(O)O. The van der Waals surface area contributed by atoms with Crippen LogP contribution in [0.4, 0.5) is 5.82 Å². The first-order valence-corrected chi connectivity index (χ1v) is 11.2. The predicted molar refractivity (Wildman–Crippen MR) is 85.5 cm³/mol. The Morgan fingerprint density at radius 1 is 1.00 bits per heavy atom. The zero-order valence-corrected chi connectivity index (χ0v) is 15.8. The molecule has 2 aromatic rings. The van der Waals surface area contributed by atoms with Crippen LogP contribution < -0.4 is 5.73 Å². The van der Waals surface area contributed by atoms with Crippen molar-refractivity contribution in [1.82, 2.24) is 19.5 Å². The monoisotopic (exact) mass is 449 g/mol. The van der Waals surface area contributed by atoms with E-state index in [4.69, 9.17) is 25.2 Å². The molecule has 0 aliphatic rings. The predicted octanol–water partition coefficient (Wildman–Crippen LogP) is -0.274. The maximum Gasteiger partial charge on any atom is 0.490 e. The lowest BCUT2D eigenvalue weighted by Gasteiger charge is -2.16. The summed E-state index contributed by atoms with van der Waals surface area (Å²) in [6, 6.07) is 0. The van der Waals surface area contributed by atoms with Crippen LogP contribution in [-0.2, 0) is 38.3 Å². The summed E-state index contributed by atoms with van der Waals surface area (Å²) in [5.41, 5.74) is 6.36. The van der Waals surface area contributed by atoms with E-state index in [9.17, 15) is 18.6 Å². The molecule has 2 unspecified atom stereocenters. The smallest absolute Gasteiger partial charge is 0.382 e. The average molecular weight is 449 g/mol. The fraction of sp³-hybridized carbons (Fsp3) is 0.375. The van der Waals surface area contributed by atoms with Gasteiger partial charge < -0.3 is 30.0 Å². The Morgan fingerprint density at radius 2 is 1.70 bits per heavy atom. The molecule has 152 valence electrons. The van der Waals surface area contributed by atoms with Crippen molar-refractivity contribution in [2.24, 2.45) is 0 Å². The molecule has 0 amide bonds. The number of fused-ring (bicyclic) bond motifs is 1. The number of phosphoric ester groups is 1. The molecule has 2 rings (SSSR count). The Labute approximate surface area is 150 Å². The highest BCUT2D eigenvalue weighted by Gasteiger charge is 2.40. The first-order valence-electron chi connectivity index (χ1n) is 6.66. The zero-order chi connectivity index (χ0) is 20.3. The van der Waals surface area contributed by atoms with Crippen molar-refractivity contribution in [3.8, 4) is 0 Å². The van der Waals surface area contributed by atoms with E-state index < -0.39 is 30.1 Å². The Kier molecular flexibility index (Phi) is 6.84. The number of imidazole rings is 1. The van der Waals surface area contributed by atoms with Gasteiger partial charge >= 0.3 is 23.5 Å². The van der Waals surface area contributed by atoms with Gasteiger partial charge in [0, 0.05) is 0 Å². The fourth-order valence-corrected chi connectivity index (χ4v) is 4.67. The van der Waals surface area contributed by atoms with E-state index in [1.165, 1.54) is 17.2 Å². The summed E-state index contributed by atoms with van der Waals surface area (Å²) in [6.45, 7) is -0.941. The summed E-state index contributed by atoms with van der Waals surface area (Å²) in [5, 5.41) is 0. The number of ether oxygens (including phenoxy) is 1. The number of hydrogen-bond acceptors (Lipinski definition) is 11. The number of phosphoric acid groups is 3. The summed E-state index contributed by atoms with van der Waals surface area (Å²) in [4.78, 5) is 46.7. The molecule has 27 heavy (non-hydrogen) atoms. The minimum Gasteiger partial charge on any atom is -0.382 e. The van der Waals surface area contributed by atoms with Crippen LogP contribution in [0.15, 0.2) is 12.7 Å². The zero-order valence-electron chi connectivity index (χ0n) is 13.1. The second-order valence-corrected chi connectivity index (χ2v) is 9.03. The minimum absolute atomic E-state index is 0.0906. The van der Waals surface area contributed by atoms with E-state index in [-0.39, 0.29) is 19.2 Å². The molecule has 0 spiro atoms. The standard InChI is InChI=1S/C8H14N5O11P3/c9-7-6-8(11-3-10-7)13(4-12-6)5-21-1-2-22-26(17,18)24-27(19,20)23-25(14,15)16/h3-4H,1-2,5H2,(H,17,18)(H,19,20)(H2,9,10,11)(H2,14,15,16). The molecule has 0 radical (unpaired) electrons. The topological polar surface area (TPSA) is 239 Å². The van der Waals surface area contributed by atoms with E-state index in [2.05, 4.69) is 28.1 Å². The summed E-state index contributed by atoms with van der Waals surface area (Å²) in [6.07, 6.45) is 2.60. The van der Waals surface area contributed by atoms with Gasteiger partial charge in [-0.1, -0.05) is 0 Å². The molecular formula is C8H14N5O11P3. The lowest BCUT2D eigenvalue weighted by atomic mass is 10.5. The van der Waals surface area contributed by atoms with Crippen LogP contribution in [0.1, 0.15) is 0 Å². The number of hydrogen-bond donors (Lipinski definition) is 5. The number of nitrogens with two attached hydrogens (primary N) is 1. The third-order valence-corrected chi connectivity index (χ3v) is 6.39. The van der Waals surface area contributed by atoms with Gasteiger partial charge in [0.15, 0.2) is 11.5 Å². The highest BCUT2D eigenvalue weighted by Crippen LogP contribution is 2.66. The van der Waals surface area contributed by atoms with Crippen LogP contribution in [0.2, 0.25) is 0 Å². The lowest BCUT2D eigenvalue weighted by molar-refractivity contribution is 0.0471. The maximum absolute atomic E-state index is 11.5. The van der Waals surface area contributed by atoms with Gasteiger partial charge in [-0.15, -0.1) is 0 Å². The third-order valence-electron chi connectivity index (χ3n) is 2.56. The van der Waals surface area contributed by atoms with Crippen molar-refractivity contribution < 1.29 is 51.2 Å². The molecule has 0 fully saturated rings. The minimum atomic E-state index is -5.54. The van der Waals surface area contributed by atoms with Crippen molar-refractivity contribution in [2.45, 2.75) is 6.73 Å². The van der Waals surface area contributed by atoms with Crippen molar-refractivity contribution in [1.29, 1.82) is 0 Å². The van der Waals surface area contributed by atoms with Crippen LogP contribution in [0.5, 0.6) is 0 Å². The summed E-state index contributed by atoms with van der Waals surface area (Å²) in [5.74, 6) is 0.173. The van der Waals surface area contributed by atoms with Crippen LogP contribution in [0.3, 0.4) is 0 Å². The molecule has 0 aromatic carbocycles. The molecule has 2 aromatic heterocycles. The Hall–Kier alpha value is -1.28. The number of nitrogen functional groups attached to an aromatic ring is 1. The Bertz CT molecular complexity index is 943. The van der Waals surface area contributed by atoms with Gasteiger partial charge in [0.1, 0.15) is 18.6 Å². The van der Waals surface area contributed by atoms with E-state index in [0.717, 1.165) is 0 Å². The lowest BCUT2D eigenvalue weighted by Crippen LogP contribution is -2.08. The molecule has 0 saturated heterocycles. The molecule has 6 N–H and O–H groups in total. The van der Waals surface area contributed by atoms with Crippen LogP contribution in [0.25, 0.3) is 11.2 Å². The molecule has 16 nitrogen and oxygen atoms in total. The highest BCUT2D eigenvalue weighted by atomic mass is 31.3. The van der Waals surface area contributed by atoms with Gasteiger partial charge in [0.05, 0.1) is 19.5 Å². The largest absolute Gasteiger partial charge is 0.490 e. The van der Waals surface area contributed by atoms with E-state index in [1.54, 1.807) is 0 Å². The Morgan fingerprint density at radius 3 is 2.37 bits per heavy atom. The second-order valence-electron chi connectivity index (χ2n) is 4.61. The molecule has 19 heteroatoms. The molecule has 2 heterocycles. The molecular weight excluding hydrogens is 435 g/mol. The van der Waals surface area contributed by atoms with Gasteiger partial charge in [-0.05, 0) is 0 Å². The van der Waals surface area contributed by atoms with E-state index >= 15 is 0 Å². The number of rotatable bonds is 10. The van der Waals surface area contributed by atoms with Crippen LogP contribution in [-0.4, -0.2) is 52.3 Å². The number of aromatic nitrogens is 4. The van der Waals surface area contributed by atoms with Gasteiger partial charge in [-0.3, -0.25) is 9.09 Å². The van der Waals surface area contributed by atoms with Crippen LogP contribution >= 0.6 is 23.5 Å². The first-order chi connectivity index (χ1) is 12.4. The quantitative estimate of drug-likeness (QED) is 0.232. The number of nitrogens with zero attached hydrogens (tertiary/aromatic N) is 4. The molecule has 0 aliphatic heterocycles. The van der Waals surface area contributed by atoms with Crippen molar-refractivity contribution in [3.05, 3.63) is 12.7 Å². The van der Waals surface area contributed by atoms with Gasteiger partial charge in [0.2, 0.25) is 0 Å². The Balaban J connectivity index is 1.80. The second kappa shape index (κ2) is 8.39. The maximum atomic E-state index is 11.5. The molecule has 0 saturated carbocycles. The molecule has 0 aliphatic carbocycles. The van der Waals surface area contributed by atoms with Gasteiger partial charge in [-0.25, -0.2) is 28.6 Å². The fourth-order valence-electron chi connectivity index (χ4n) is 1.67. The third kappa shape index (κ3) is 6.99.